The minimum absolute atomic E-state index is 0. The molecule has 0 aliphatic carbocycles. The highest BCUT2D eigenvalue weighted by Gasteiger charge is 2.43. The van der Waals surface area contributed by atoms with Gasteiger partial charge in [0, 0.05) is 30.3 Å². The van der Waals surface area contributed by atoms with E-state index in [2.05, 4.69) is 77.7 Å². The van der Waals surface area contributed by atoms with Gasteiger partial charge in [-0.05, 0) is 43.5 Å². The van der Waals surface area contributed by atoms with E-state index in [0.29, 0.717) is 0 Å². The van der Waals surface area contributed by atoms with Gasteiger partial charge in [0.05, 0.1) is 5.41 Å². The second kappa shape index (κ2) is 10.9. The topological polar surface area (TPSA) is 3.01 Å². The maximum atomic E-state index is 3.52. The summed E-state index contributed by atoms with van der Waals surface area (Å²) in [4.78, 5) is 0. The van der Waals surface area contributed by atoms with Gasteiger partial charge in [0.25, 0.3) is 0 Å². The average Bonchev–Trinajstić information content (AvgIpc) is 2.87. The molecule has 0 atom stereocenters. The number of fused-ring (bicyclic) bond motifs is 3. The van der Waals surface area contributed by atoms with Gasteiger partial charge < -0.3 is 17.0 Å². The molecule has 3 heteroatoms. The highest BCUT2D eigenvalue weighted by atomic mass is 79.9. The van der Waals surface area contributed by atoms with Crippen LogP contribution in [0.3, 0.4) is 0 Å². The van der Waals surface area contributed by atoms with Crippen LogP contribution in [0.2, 0.25) is 0 Å². The summed E-state index contributed by atoms with van der Waals surface area (Å²) in [6.07, 6.45) is 10.9. The van der Waals surface area contributed by atoms with Crippen molar-refractivity contribution in [1.29, 1.82) is 0 Å². The molecule has 28 heavy (non-hydrogen) atoms. The van der Waals surface area contributed by atoms with Crippen LogP contribution in [-0.4, -0.2) is 22.2 Å². The normalized spacial score (nSPS) is 15.0. The van der Waals surface area contributed by atoms with Crippen LogP contribution in [-0.2, 0) is 5.41 Å². The lowest BCUT2D eigenvalue weighted by molar-refractivity contribution is -0.439. The van der Waals surface area contributed by atoms with Crippen molar-refractivity contribution >= 4 is 38.1 Å². The largest absolute Gasteiger partial charge is 1.00 e. The predicted molar refractivity (Wildman–Crippen MR) is 123 cm³/mol. The highest BCUT2D eigenvalue weighted by molar-refractivity contribution is 9.09. The standard InChI is InChI=1S/C25H35BrN.BrH/c1-20-25(2,3)24-22-15-11-10-14-21(22)16-17-23(24)27(20)19-13-9-7-5-4-6-8-12-18-26;/h10-11,14-17H,4-9,12-13,18-19H2,1-3H3;1H/q+1;/p-1. The third-order valence-electron chi connectivity index (χ3n) is 6.40. The molecule has 0 unspecified atom stereocenters. The van der Waals surface area contributed by atoms with Gasteiger partial charge in [-0.15, -0.1) is 0 Å². The molecule has 1 aliphatic heterocycles. The zero-order valence-electron chi connectivity index (χ0n) is 17.7. The van der Waals surface area contributed by atoms with E-state index in [-0.39, 0.29) is 22.4 Å². The summed E-state index contributed by atoms with van der Waals surface area (Å²) in [5.74, 6) is 0. The van der Waals surface area contributed by atoms with Crippen molar-refractivity contribution in [1.82, 2.24) is 0 Å². The van der Waals surface area contributed by atoms with Crippen molar-refractivity contribution in [3.05, 3.63) is 42.0 Å². The zero-order valence-corrected chi connectivity index (χ0v) is 20.9. The number of hydrogen-bond donors (Lipinski definition) is 0. The van der Waals surface area contributed by atoms with Gasteiger partial charge in [0.2, 0.25) is 5.69 Å². The lowest BCUT2D eigenvalue weighted by atomic mass is 9.80. The Morgan fingerprint density at radius 2 is 1.43 bits per heavy atom. The first kappa shape index (κ1) is 23.6. The van der Waals surface area contributed by atoms with Gasteiger partial charge in [-0.25, -0.2) is 0 Å². The molecule has 0 saturated carbocycles. The highest BCUT2D eigenvalue weighted by Crippen LogP contribution is 2.43. The van der Waals surface area contributed by atoms with E-state index in [1.807, 2.05) is 0 Å². The first-order valence-corrected chi connectivity index (χ1v) is 11.9. The average molecular weight is 509 g/mol. The molecule has 0 saturated heterocycles. The number of benzene rings is 2. The number of hydrogen-bond acceptors (Lipinski definition) is 0. The first-order chi connectivity index (χ1) is 13.1. The molecule has 0 amide bonds. The Bertz CT molecular complexity index is 807. The summed E-state index contributed by atoms with van der Waals surface area (Å²) >= 11 is 3.52. The van der Waals surface area contributed by atoms with Gasteiger partial charge in [-0.3, -0.25) is 0 Å². The Kier molecular flexibility index (Phi) is 9.21. The molecule has 1 heterocycles. The zero-order chi connectivity index (χ0) is 19.3. The second-order valence-corrected chi connectivity index (χ2v) is 9.35. The van der Waals surface area contributed by atoms with E-state index in [1.165, 1.54) is 79.1 Å². The molecule has 0 radical (unpaired) electrons. The summed E-state index contributed by atoms with van der Waals surface area (Å²) in [5, 5.41) is 3.94. The molecular weight excluding hydrogens is 474 g/mol. The number of alkyl halides is 1. The van der Waals surface area contributed by atoms with Gasteiger partial charge in [-0.2, -0.15) is 4.58 Å². The molecule has 3 rings (SSSR count). The van der Waals surface area contributed by atoms with Gasteiger partial charge in [-0.1, -0.05) is 72.3 Å². The Labute approximate surface area is 190 Å². The molecule has 0 fully saturated rings. The Morgan fingerprint density at radius 3 is 2.11 bits per heavy atom. The van der Waals surface area contributed by atoms with Crippen molar-refractivity contribution in [2.24, 2.45) is 0 Å². The fourth-order valence-electron chi connectivity index (χ4n) is 4.55. The van der Waals surface area contributed by atoms with Crippen molar-refractivity contribution < 1.29 is 21.6 Å². The molecule has 0 N–H and O–H groups in total. The Morgan fingerprint density at radius 1 is 0.821 bits per heavy atom. The third kappa shape index (κ3) is 5.08. The minimum Gasteiger partial charge on any atom is -1.00 e. The predicted octanol–water partition coefficient (Wildman–Crippen LogP) is 4.76. The number of rotatable bonds is 10. The molecule has 1 aliphatic rings. The summed E-state index contributed by atoms with van der Waals surface area (Å²) in [7, 11) is 0. The minimum atomic E-state index is 0. The molecule has 1 nitrogen and oxygen atoms in total. The molecule has 154 valence electrons. The van der Waals surface area contributed by atoms with Crippen LogP contribution in [0.5, 0.6) is 0 Å². The van der Waals surface area contributed by atoms with E-state index in [9.17, 15) is 0 Å². The van der Waals surface area contributed by atoms with E-state index in [4.69, 9.17) is 0 Å². The van der Waals surface area contributed by atoms with Crippen LogP contribution in [0.4, 0.5) is 5.69 Å². The van der Waals surface area contributed by atoms with Crippen LogP contribution >= 0.6 is 15.9 Å². The Hall–Kier alpha value is -0.670. The molecule has 0 bridgehead atoms. The molecule has 2 aromatic rings. The van der Waals surface area contributed by atoms with Crippen molar-refractivity contribution in [2.45, 2.75) is 77.6 Å². The molecule has 0 aromatic heterocycles. The second-order valence-electron chi connectivity index (χ2n) is 8.56. The first-order valence-electron chi connectivity index (χ1n) is 10.8. The van der Waals surface area contributed by atoms with Crippen LogP contribution in [0.25, 0.3) is 10.8 Å². The van der Waals surface area contributed by atoms with Crippen molar-refractivity contribution in [3.63, 3.8) is 0 Å². The van der Waals surface area contributed by atoms with Crippen LogP contribution in [0.1, 0.15) is 77.7 Å². The summed E-state index contributed by atoms with van der Waals surface area (Å²) in [6.45, 7) is 8.27. The monoisotopic (exact) mass is 507 g/mol. The fraction of sp³-hybridized carbons (Fsp3) is 0.560. The van der Waals surface area contributed by atoms with E-state index >= 15 is 0 Å². The summed E-state index contributed by atoms with van der Waals surface area (Å²) < 4.78 is 2.60. The lowest BCUT2D eigenvalue weighted by Gasteiger charge is -2.17. The van der Waals surface area contributed by atoms with Gasteiger partial charge >= 0.3 is 0 Å². The number of nitrogens with zero attached hydrogens (tertiary/aromatic N) is 1. The molecule has 0 spiro atoms. The quantitative estimate of drug-likeness (QED) is 0.247. The molecular formula is C25H35Br2N. The Balaban J connectivity index is 0.00000280. The molecule has 2 aromatic carbocycles. The summed E-state index contributed by atoms with van der Waals surface area (Å²) in [6, 6.07) is 13.5. The third-order valence-corrected chi connectivity index (χ3v) is 6.96. The maximum Gasteiger partial charge on any atom is 0.210 e. The summed E-state index contributed by atoms with van der Waals surface area (Å²) in [5.41, 5.74) is 4.57. The van der Waals surface area contributed by atoms with E-state index in [0.717, 1.165) is 11.9 Å². The van der Waals surface area contributed by atoms with E-state index in [1.54, 1.807) is 0 Å². The van der Waals surface area contributed by atoms with Gasteiger partial charge in [0.15, 0.2) is 5.71 Å². The maximum absolute atomic E-state index is 3.52. The van der Waals surface area contributed by atoms with Crippen molar-refractivity contribution in [2.75, 3.05) is 11.9 Å². The van der Waals surface area contributed by atoms with Crippen LogP contribution in [0, 0.1) is 0 Å². The van der Waals surface area contributed by atoms with Crippen molar-refractivity contribution in [3.8, 4) is 0 Å². The fourth-order valence-corrected chi connectivity index (χ4v) is 4.95. The van der Waals surface area contributed by atoms with Crippen LogP contribution < -0.4 is 17.0 Å². The van der Waals surface area contributed by atoms with Crippen LogP contribution in [0.15, 0.2) is 36.4 Å². The van der Waals surface area contributed by atoms with Gasteiger partial charge in [0.1, 0.15) is 6.54 Å². The SMILES string of the molecule is CC1=[N+](CCCCCCCCCCBr)c2ccc3ccccc3c2C1(C)C.[Br-]. The number of halogens is 2. The smallest absolute Gasteiger partial charge is 0.210 e. The number of unbranched alkanes of at least 4 members (excludes halogenated alkanes) is 7. The lowest BCUT2D eigenvalue weighted by Crippen LogP contribution is -3.00. The van der Waals surface area contributed by atoms with E-state index < -0.39 is 0 Å².